The fraction of sp³-hybridized carbons (Fsp3) is 0.214. The quantitative estimate of drug-likeness (QED) is 0.862. The molecule has 1 aromatic carbocycles. The first kappa shape index (κ1) is 14.6. The van der Waals surface area contributed by atoms with Gasteiger partial charge in [0.15, 0.2) is 11.6 Å². The Bertz CT molecular complexity index is 587. The van der Waals surface area contributed by atoms with Crippen molar-refractivity contribution in [2.75, 3.05) is 7.11 Å². The van der Waals surface area contributed by atoms with Crippen molar-refractivity contribution in [3.63, 3.8) is 0 Å². The van der Waals surface area contributed by atoms with Gasteiger partial charge >= 0.3 is 5.97 Å². The molecule has 0 aliphatic heterocycles. The number of rotatable bonds is 5. The van der Waals surface area contributed by atoms with Crippen LogP contribution in [0.4, 0.5) is 8.78 Å². The molecule has 3 nitrogen and oxygen atoms in total. The van der Waals surface area contributed by atoms with Crippen molar-refractivity contribution in [1.82, 2.24) is 5.32 Å². The van der Waals surface area contributed by atoms with Gasteiger partial charge in [0.2, 0.25) is 0 Å². The highest BCUT2D eigenvalue weighted by Crippen LogP contribution is 2.19. The maximum atomic E-state index is 13.3. The first-order chi connectivity index (χ1) is 9.61. The summed E-state index contributed by atoms with van der Waals surface area (Å²) in [7, 11) is 1.25. The van der Waals surface area contributed by atoms with Crippen LogP contribution < -0.4 is 5.32 Å². The number of methoxy groups -OCH3 is 1. The fourth-order valence-electron chi connectivity index (χ4n) is 1.76. The average Bonchev–Trinajstić information content (AvgIpc) is 2.95. The maximum Gasteiger partial charge on any atom is 0.327 e. The summed E-state index contributed by atoms with van der Waals surface area (Å²) in [5, 5.41) is 4.90. The van der Waals surface area contributed by atoms with E-state index in [1.807, 2.05) is 17.5 Å². The Hall–Kier alpha value is -1.79. The van der Waals surface area contributed by atoms with Gasteiger partial charge < -0.3 is 4.74 Å². The number of halogens is 2. The Balaban J connectivity index is 2.18. The fourth-order valence-corrected chi connectivity index (χ4v) is 2.42. The van der Waals surface area contributed by atoms with Crippen molar-refractivity contribution >= 4 is 17.3 Å². The lowest BCUT2D eigenvalue weighted by atomic mass is 10.1. The van der Waals surface area contributed by atoms with Crippen molar-refractivity contribution in [2.24, 2.45) is 0 Å². The molecule has 1 atom stereocenters. The number of benzene rings is 1. The van der Waals surface area contributed by atoms with Crippen LogP contribution in [-0.4, -0.2) is 13.1 Å². The summed E-state index contributed by atoms with van der Waals surface area (Å²) in [6.07, 6.45) is 0. The lowest BCUT2D eigenvalue weighted by Gasteiger charge is -2.16. The Morgan fingerprint density at radius 3 is 2.75 bits per heavy atom. The Morgan fingerprint density at radius 2 is 2.15 bits per heavy atom. The third-order valence-electron chi connectivity index (χ3n) is 2.77. The SMILES string of the molecule is COC(=O)C(NCc1cccs1)c1ccc(F)c(F)c1. The molecule has 0 saturated heterocycles. The highest BCUT2D eigenvalue weighted by atomic mass is 32.1. The van der Waals surface area contributed by atoms with E-state index in [2.05, 4.69) is 5.32 Å². The maximum absolute atomic E-state index is 13.3. The molecule has 0 aliphatic carbocycles. The summed E-state index contributed by atoms with van der Waals surface area (Å²) < 4.78 is 30.9. The third-order valence-corrected chi connectivity index (χ3v) is 3.65. The standard InChI is InChI=1S/C14H13F2NO2S/c1-19-14(18)13(17-8-10-3-2-6-20-10)9-4-5-11(15)12(16)7-9/h2-7,13,17H,8H2,1H3. The monoisotopic (exact) mass is 297 g/mol. The van der Waals surface area contributed by atoms with Crippen LogP contribution in [0.2, 0.25) is 0 Å². The number of esters is 1. The minimum Gasteiger partial charge on any atom is -0.468 e. The number of hydrogen-bond donors (Lipinski definition) is 1. The summed E-state index contributed by atoms with van der Waals surface area (Å²) in [4.78, 5) is 12.8. The molecule has 0 spiro atoms. The Labute approximate surface area is 119 Å². The van der Waals surface area contributed by atoms with Gasteiger partial charge in [0.05, 0.1) is 7.11 Å². The third kappa shape index (κ3) is 3.40. The molecular weight excluding hydrogens is 284 g/mol. The molecule has 20 heavy (non-hydrogen) atoms. The minimum absolute atomic E-state index is 0.326. The summed E-state index contributed by atoms with van der Waals surface area (Å²) >= 11 is 1.54. The first-order valence-corrected chi connectivity index (χ1v) is 6.78. The van der Waals surface area contributed by atoms with Crippen LogP contribution in [0.25, 0.3) is 0 Å². The molecule has 0 bridgehead atoms. The molecular formula is C14H13F2NO2S. The van der Waals surface area contributed by atoms with Crippen molar-refractivity contribution in [3.05, 3.63) is 57.8 Å². The molecule has 6 heteroatoms. The van der Waals surface area contributed by atoms with Crippen molar-refractivity contribution < 1.29 is 18.3 Å². The highest BCUT2D eigenvalue weighted by molar-refractivity contribution is 7.09. The van der Waals surface area contributed by atoms with Gasteiger partial charge in [0, 0.05) is 11.4 Å². The molecule has 1 N–H and O–H groups in total. The van der Waals surface area contributed by atoms with Crippen LogP contribution in [0, 0.1) is 11.6 Å². The molecule has 0 fully saturated rings. The second-order valence-corrected chi connectivity index (χ2v) is 5.12. The second-order valence-electron chi connectivity index (χ2n) is 4.09. The van der Waals surface area contributed by atoms with E-state index in [-0.39, 0.29) is 0 Å². The highest BCUT2D eigenvalue weighted by Gasteiger charge is 2.22. The molecule has 0 aliphatic rings. The van der Waals surface area contributed by atoms with E-state index in [1.165, 1.54) is 24.5 Å². The van der Waals surface area contributed by atoms with Crippen LogP contribution in [-0.2, 0) is 16.1 Å². The van der Waals surface area contributed by atoms with E-state index in [9.17, 15) is 13.6 Å². The van der Waals surface area contributed by atoms with E-state index in [1.54, 1.807) is 0 Å². The van der Waals surface area contributed by atoms with Crippen LogP contribution in [0.3, 0.4) is 0 Å². The Kier molecular flexibility index (Phi) is 4.81. The van der Waals surface area contributed by atoms with E-state index in [0.717, 1.165) is 17.0 Å². The molecule has 2 aromatic rings. The van der Waals surface area contributed by atoms with Gasteiger partial charge in [-0.25, -0.2) is 13.6 Å². The lowest BCUT2D eigenvalue weighted by molar-refractivity contribution is -0.143. The number of carbonyl (C=O) groups is 1. The molecule has 0 saturated carbocycles. The zero-order chi connectivity index (χ0) is 14.5. The molecule has 2 rings (SSSR count). The van der Waals surface area contributed by atoms with E-state index in [0.29, 0.717) is 12.1 Å². The van der Waals surface area contributed by atoms with E-state index >= 15 is 0 Å². The summed E-state index contributed by atoms with van der Waals surface area (Å²) in [6, 6.07) is 6.33. The summed E-state index contributed by atoms with van der Waals surface area (Å²) in [5.41, 5.74) is 0.326. The number of thiophene rings is 1. The van der Waals surface area contributed by atoms with Crippen molar-refractivity contribution in [1.29, 1.82) is 0 Å². The zero-order valence-electron chi connectivity index (χ0n) is 10.7. The van der Waals surface area contributed by atoms with Crippen LogP contribution in [0.15, 0.2) is 35.7 Å². The summed E-state index contributed by atoms with van der Waals surface area (Å²) in [6.45, 7) is 0.441. The second kappa shape index (κ2) is 6.58. The van der Waals surface area contributed by atoms with Crippen LogP contribution >= 0.6 is 11.3 Å². The van der Waals surface area contributed by atoms with Gasteiger partial charge in [-0.15, -0.1) is 11.3 Å². The van der Waals surface area contributed by atoms with E-state index in [4.69, 9.17) is 4.74 Å². The number of hydrogen-bond acceptors (Lipinski definition) is 4. The van der Waals surface area contributed by atoms with Crippen molar-refractivity contribution in [2.45, 2.75) is 12.6 Å². The largest absolute Gasteiger partial charge is 0.468 e. The zero-order valence-corrected chi connectivity index (χ0v) is 11.5. The van der Waals surface area contributed by atoms with E-state index < -0.39 is 23.6 Å². The van der Waals surface area contributed by atoms with Gasteiger partial charge in [-0.3, -0.25) is 5.32 Å². The number of nitrogens with one attached hydrogen (secondary N) is 1. The molecule has 1 heterocycles. The number of carbonyl (C=O) groups excluding carboxylic acids is 1. The average molecular weight is 297 g/mol. The molecule has 106 valence electrons. The lowest BCUT2D eigenvalue weighted by Crippen LogP contribution is -2.29. The normalized spacial score (nSPS) is 12.2. The molecule has 0 amide bonds. The smallest absolute Gasteiger partial charge is 0.327 e. The topological polar surface area (TPSA) is 38.3 Å². The predicted octanol–water partition coefficient (Wildman–Crippen LogP) is 3.03. The molecule has 1 aromatic heterocycles. The predicted molar refractivity (Wildman–Crippen MR) is 72.3 cm³/mol. The minimum atomic E-state index is -0.991. The van der Waals surface area contributed by atoms with Gasteiger partial charge in [-0.05, 0) is 29.1 Å². The first-order valence-electron chi connectivity index (χ1n) is 5.90. The Morgan fingerprint density at radius 1 is 1.35 bits per heavy atom. The van der Waals surface area contributed by atoms with Gasteiger partial charge in [0.1, 0.15) is 6.04 Å². The molecule has 0 radical (unpaired) electrons. The summed E-state index contributed by atoms with van der Waals surface area (Å²) in [5.74, 6) is -2.49. The van der Waals surface area contributed by atoms with Crippen LogP contribution in [0.5, 0.6) is 0 Å². The van der Waals surface area contributed by atoms with Crippen LogP contribution in [0.1, 0.15) is 16.5 Å². The van der Waals surface area contributed by atoms with Gasteiger partial charge in [-0.1, -0.05) is 12.1 Å². The number of ether oxygens (including phenoxy) is 1. The van der Waals surface area contributed by atoms with Crippen molar-refractivity contribution in [3.8, 4) is 0 Å². The van der Waals surface area contributed by atoms with Gasteiger partial charge in [0.25, 0.3) is 0 Å². The molecule has 1 unspecified atom stereocenters. The van der Waals surface area contributed by atoms with Gasteiger partial charge in [-0.2, -0.15) is 0 Å².